The van der Waals surface area contributed by atoms with Gasteiger partial charge in [0.05, 0.1) is 0 Å². The summed E-state index contributed by atoms with van der Waals surface area (Å²) in [4.78, 5) is 23.8. The van der Waals surface area contributed by atoms with Crippen LogP contribution in [-0.2, 0) is 16.0 Å². The molecule has 0 spiro atoms. The fourth-order valence-electron chi connectivity index (χ4n) is 2.35. The Labute approximate surface area is 144 Å². The molecule has 3 N–H and O–H groups in total. The second-order valence-electron chi connectivity index (χ2n) is 6.44. The standard InChI is InChI=1S/C19H28N2O3/c1-5-10-24-16-8-6-15(7-9-16)12-14(4)19(23)21-17(18(20)22)11-13(2)3/h5-9,13-14,17H,1,10-12H2,2-4H3,(H2,20,22)(H,21,23)/t14-,17-/m0/s1. The molecule has 0 bridgehead atoms. The molecule has 0 radical (unpaired) electrons. The zero-order chi connectivity index (χ0) is 18.1. The van der Waals surface area contributed by atoms with Crippen LogP contribution in [0.3, 0.4) is 0 Å². The first kappa shape index (κ1) is 19.7. The molecular weight excluding hydrogens is 304 g/mol. The molecule has 2 atom stereocenters. The van der Waals surface area contributed by atoms with Gasteiger partial charge in [-0.25, -0.2) is 0 Å². The van der Waals surface area contributed by atoms with Gasteiger partial charge in [0, 0.05) is 5.92 Å². The Morgan fingerprint density at radius 2 is 1.88 bits per heavy atom. The summed E-state index contributed by atoms with van der Waals surface area (Å²) in [5, 5.41) is 2.76. The third-order valence-electron chi connectivity index (χ3n) is 3.65. The number of rotatable bonds is 10. The van der Waals surface area contributed by atoms with Gasteiger partial charge < -0.3 is 15.8 Å². The molecule has 5 heteroatoms. The Balaban J connectivity index is 2.59. The van der Waals surface area contributed by atoms with E-state index in [9.17, 15) is 9.59 Å². The number of nitrogens with one attached hydrogen (secondary N) is 1. The van der Waals surface area contributed by atoms with E-state index < -0.39 is 11.9 Å². The Bertz CT molecular complexity index is 552. The average molecular weight is 332 g/mol. The van der Waals surface area contributed by atoms with Gasteiger partial charge in [0.1, 0.15) is 18.4 Å². The summed E-state index contributed by atoms with van der Waals surface area (Å²) in [6.07, 6.45) is 2.82. The maximum Gasteiger partial charge on any atom is 0.240 e. The van der Waals surface area contributed by atoms with Gasteiger partial charge in [-0.05, 0) is 36.5 Å². The van der Waals surface area contributed by atoms with Crippen molar-refractivity contribution in [3.8, 4) is 5.75 Å². The van der Waals surface area contributed by atoms with E-state index in [1.165, 1.54) is 0 Å². The number of carbonyl (C=O) groups is 2. The summed E-state index contributed by atoms with van der Waals surface area (Å²) < 4.78 is 5.43. The van der Waals surface area contributed by atoms with Crippen molar-refractivity contribution in [3.63, 3.8) is 0 Å². The van der Waals surface area contributed by atoms with E-state index in [1.807, 2.05) is 45.0 Å². The average Bonchev–Trinajstić information content (AvgIpc) is 2.52. The summed E-state index contributed by atoms with van der Waals surface area (Å²) >= 11 is 0. The summed E-state index contributed by atoms with van der Waals surface area (Å²) in [6.45, 7) is 9.88. The molecule has 0 heterocycles. The van der Waals surface area contributed by atoms with E-state index in [1.54, 1.807) is 6.08 Å². The van der Waals surface area contributed by atoms with Crippen molar-refractivity contribution < 1.29 is 14.3 Å². The first-order valence-electron chi connectivity index (χ1n) is 8.25. The lowest BCUT2D eigenvalue weighted by Crippen LogP contribution is -2.47. The van der Waals surface area contributed by atoms with Gasteiger partial charge in [-0.15, -0.1) is 0 Å². The Hall–Kier alpha value is -2.30. The second-order valence-corrected chi connectivity index (χ2v) is 6.44. The lowest BCUT2D eigenvalue weighted by Gasteiger charge is -2.20. The van der Waals surface area contributed by atoms with Crippen molar-refractivity contribution in [2.24, 2.45) is 17.6 Å². The maximum atomic E-state index is 12.3. The van der Waals surface area contributed by atoms with Crippen LogP contribution in [0.25, 0.3) is 0 Å². The van der Waals surface area contributed by atoms with Crippen molar-refractivity contribution >= 4 is 11.8 Å². The highest BCUT2D eigenvalue weighted by Crippen LogP contribution is 2.16. The molecular formula is C19H28N2O3. The van der Waals surface area contributed by atoms with Gasteiger partial charge in [-0.2, -0.15) is 0 Å². The topological polar surface area (TPSA) is 81.4 Å². The Kier molecular flexibility index (Phi) is 8.02. The highest BCUT2D eigenvalue weighted by atomic mass is 16.5. The van der Waals surface area contributed by atoms with Gasteiger partial charge in [0.25, 0.3) is 0 Å². The van der Waals surface area contributed by atoms with Gasteiger partial charge >= 0.3 is 0 Å². The first-order valence-corrected chi connectivity index (χ1v) is 8.25. The molecule has 0 aliphatic heterocycles. The van der Waals surface area contributed by atoms with Gasteiger partial charge in [-0.1, -0.05) is 45.6 Å². The highest BCUT2D eigenvalue weighted by molar-refractivity contribution is 5.87. The van der Waals surface area contributed by atoms with Crippen LogP contribution in [0.5, 0.6) is 5.75 Å². The number of hydrogen-bond donors (Lipinski definition) is 2. The number of benzene rings is 1. The monoisotopic (exact) mass is 332 g/mol. The number of nitrogens with two attached hydrogens (primary N) is 1. The first-order chi connectivity index (χ1) is 11.3. The smallest absolute Gasteiger partial charge is 0.240 e. The third-order valence-corrected chi connectivity index (χ3v) is 3.65. The lowest BCUT2D eigenvalue weighted by molar-refractivity contribution is -0.129. The normalized spacial score (nSPS) is 13.2. The van der Waals surface area contributed by atoms with E-state index in [0.29, 0.717) is 19.4 Å². The fraction of sp³-hybridized carbons (Fsp3) is 0.474. The molecule has 132 valence electrons. The lowest BCUT2D eigenvalue weighted by atomic mass is 9.98. The molecule has 5 nitrogen and oxygen atoms in total. The zero-order valence-electron chi connectivity index (χ0n) is 14.7. The molecule has 0 saturated heterocycles. The van der Waals surface area contributed by atoms with Gasteiger partial charge in [0.2, 0.25) is 11.8 Å². The number of primary amides is 1. The minimum Gasteiger partial charge on any atom is -0.490 e. The van der Waals surface area contributed by atoms with Crippen molar-refractivity contribution in [3.05, 3.63) is 42.5 Å². The molecule has 0 unspecified atom stereocenters. The fourth-order valence-corrected chi connectivity index (χ4v) is 2.35. The van der Waals surface area contributed by atoms with Crippen LogP contribution in [0.15, 0.2) is 36.9 Å². The quantitative estimate of drug-likeness (QED) is 0.646. The van der Waals surface area contributed by atoms with E-state index in [-0.39, 0.29) is 17.7 Å². The molecule has 0 fully saturated rings. The molecule has 0 aromatic heterocycles. The van der Waals surface area contributed by atoms with Crippen LogP contribution in [0.2, 0.25) is 0 Å². The number of amides is 2. The highest BCUT2D eigenvalue weighted by Gasteiger charge is 2.22. The second kappa shape index (κ2) is 9.75. The maximum absolute atomic E-state index is 12.3. The van der Waals surface area contributed by atoms with Crippen LogP contribution in [0.4, 0.5) is 0 Å². The zero-order valence-corrected chi connectivity index (χ0v) is 14.7. The Morgan fingerprint density at radius 1 is 1.25 bits per heavy atom. The van der Waals surface area contributed by atoms with E-state index in [4.69, 9.17) is 10.5 Å². The minimum atomic E-state index is -0.616. The van der Waals surface area contributed by atoms with Crippen LogP contribution >= 0.6 is 0 Å². The van der Waals surface area contributed by atoms with Crippen molar-refractivity contribution in [1.29, 1.82) is 0 Å². The Morgan fingerprint density at radius 3 is 2.38 bits per heavy atom. The molecule has 0 aliphatic rings. The van der Waals surface area contributed by atoms with Gasteiger partial charge in [-0.3, -0.25) is 9.59 Å². The molecule has 1 aromatic carbocycles. The largest absolute Gasteiger partial charge is 0.490 e. The SMILES string of the molecule is C=CCOc1ccc(C[C@H](C)C(=O)N[C@@H](CC(C)C)C(N)=O)cc1. The molecule has 0 aliphatic carbocycles. The van der Waals surface area contributed by atoms with Crippen molar-refractivity contribution in [1.82, 2.24) is 5.32 Å². The predicted octanol–water partition coefficient (Wildman–Crippen LogP) is 2.45. The van der Waals surface area contributed by atoms with Crippen molar-refractivity contribution in [2.45, 2.75) is 39.7 Å². The molecule has 24 heavy (non-hydrogen) atoms. The van der Waals surface area contributed by atoms with Crippen LogP contribution in [0, 0.1) is 11.8 Å². The minimum absolute atomic E-state index is 0.161. The third kappa shape index (κ3) is 6.86. The molecule has 1 rings (SSSR count). The number of carbonyl (C=O) groups excluding carboxylic acids is 2. The molecule has 2 amide bonds. The van der Waals surface area contributed by atoms with E-state index in [2.05, 4.69) is 11.9 Å². The molecule has 0 saturated carbocycles. The predicted molar refractivity (Wildman–Crippen MR) is 95.6 cm³/mol. The van der Waals surface area contributed by atoms with Gasteiger partial charge in [0.15, 0.2) is 0 Å². The summed E-state index contributed by atoms with van der Waals surface area (Å²) in [5.41, 5.74) is 6.40. The van der Waals surface area contributed by atoms with Crippen LogP contribution in [0.1, 0.15) is 32.8 Å². The number of ether oxygens (including phenoxy) is 1. The van der Waals surface area contributed by atoms with Crippen LogP contribution in [-0.4, -0.2) is 24.5 Å². The van der Waals surface area contributed by atoms with Crippen LogP contribution < -0.4 is 15.8 Å². The summed E-state index contributed by atoms with van der Waals surface area (Å²) in [5.74, 6) is 0.140. The van der Waals surface area contributed by atoms with E-state index in [0.717, 1.165) is 11.3 Å². The summed E-state index contributed by atoms with van der Waals surface area (Å²) in [6, 6.07) is 6.99. The summed E-state index contributed by atoms with van der Waals surface area (Å²) in [7, 11) is 0. The number of hydrogen-bond acceptors (Lipinski definition) is 3. The molecule has 1 aromatic rings. The van der Waals surface area contributed by atoms with E-state index >= 15 is 0 Å². The van der Waals surface area contributed by atoms with Crippen molar-refractivity contribution in [2.75, 3.05) is 6.61 Å².